The van der Waals surface area contributed by atoms with Crippen LogP contribution in [0.3, 0.4) is 0 Å². The van der Waals surface area contributed by atoms with Gasteiger partial charge in [0, 0.05) is 77.7 Å². The highest BCUT2D eigenvalue weighted by Crippen LogP contribution is 2.61. The highest BCUT2D eigenvalue weighted by Gasteiger charge is 2.55. The van der Waals surface area contributed by atoms with E-state index in [4.69, 9.17) is 0 Å². The van der Waals surface area contributed by atoms with Gasteiger partial charge < -0.3 is 14.3 Å². The standard InChI is InChI=1S/C69H62BN3/c1-66(2,3)45-33-35-59(53(38-45)43-22-13-10-14-23-43)72-60-40-48(71(46-25-15-11-16-26-46)47-27-17-12-18-28-47)39-54-51-31-21-30-50-52-34-32-44-24-19-20-29-49(44)62(52)73(63(50)51)70(61(54)60)65-64(72)55-41-57-58(42-56(55)69(65,8)9)68(6,7)37-36-67(57,4)5/h10-35,38-42H,36-37H2,1-9H3. The lowest BCUT2D eigenvalue weighted by Crippen LogP contribution is -2.52. The van der Waals surface area contributed by atoms with Crippen LogP contribution in [0.25, 0.3) is 60.5 Å². The Balaban J connectivity index is 1.20. The molecule has 0 saturated carbocycles. The van der Waals surface area contributed by atoms with Gasteiger partial charge in [0.25, 0.3) is 0 Å². The van der Waals surface area contributed by atoms with Crippen molar-refractivity contribution in [3.8, 4) is 22.3 Å². The maximum atomic E-state index is 2.81. The number of para-hydroxylation sites is 3. The van der Waals surface area contributed by atoms with Crippen LogP contribution in [0, 0.1) is 0 Å². The fraction of sp³-hybridized carbons (Fsp3) is 0.217. The molecule has 0 radical (unpaired) electrons. The summed E-state index contributed by atoms with van der Waals surface area (Å²) in [7, 11) is 0. The summed E-state index contributed by atoms with van der Waals surface area (Å²) in [4.78, 5) is 5.23. The fourth-order valence-corrected chi connectivity index (χ4v) is 13.8. The third-order valence-electron chi connectivity index (χ3n) is 17.7. The fourth-order valence-electron chi connectivity index (χ4n) is 13.8. The van der Waals surface area contributed by atoms with Gasteiger partial charge in [-0.1, -0.05) is 196 Å². The molecule has 0 N–H and O–H groups in total. The van der Waals surface area contributed by atoms with Crippen molar-refractivity contribution in [2.45, 2.75) is 96.8 Å². The number of rotatable bonds is 5. The van der Waals surface area contributed by atoms with Crippen molar-refractivity contribution in [2.75, 3.05) is 9.80 Å². The molecule has 3 nitrogen and oxygen atoms in total. The Morgan fingerprint density at radius 3 is 1.77 bits per heavy atom. The first-order chi connectivity index (χ1) is 35.1. The molecule has 356 valence electrons. The van der Waals surface area contributed by atoms with E-state index in [0.717, 1.165) is 23.5 Å². The van der Waals surface area contributed by atoms with E-state index in [1.54, 1.807) is 0 Å². The minimum Gasteiger partial charge on any atom is -0.375 e. The van der Waals surface area contributed by atoms with Crippen LogP contribution in [-0.4, -0.2) is 11.3 Å². The lowest BCUT2D eigenvalue weighted by molar-refractivity contribution is 0.331. The van der Waals surface area contributed by atoms with Crippen LogP contribution in [-0.2, 0) is 21.7 Å². The molecule has 2 aliphatic heterocycles. The molecule has 4 aliphatic rings. The molecule has 9 aromatic carbocycles. The normalized spacial score (nSPS) is 16.7. The van der Waals surface area contributed by atoms with E-state index in [1.165, 1.54) is 117 Å². The third kappa shape index (κ3) is 6.25. The maximum absolute atomic E-state index is 2.81. The summed E-state index contributed by atoms with van der Waals surface area (Å²) < 4.78 is 2.81. The van der Waals surface area contributed by atoms with Crippen molar-refractivity contribution in [1.82, 2.24) is 4.48 Å². The van der Waals surface area contributed by atoms with Gasteiger partial charge in [-0.2, -0.15) is 0 Å². The van der Waals surface area contributed by atoms with Crippen LogP contribution in [0.2, 0.25) is 0 Å². The zero-order valence-electron chi connectivity index (χ0n) is 43.7. The van der Waals surface area contributed by atoms with Gasteiger partial charge >= 0.3 is 6.85 Å². The zero-order valence-corrected chi connectivity index (χ0v) is 43.7. The van der Waals surface area contributed by atoms with Crippen molar-refractivity contribution in [1.29, 1.82) is 0 Å². The van der Waals surface area contributed by atoms with Crippen LogP contribution >= 0.6 is 0 Å². The van der Waals surface area contributed by atoms with Crippen molar-refractivity contribution in [2.24, 2.45) is 0 Å². The van der Waals surface area contributed by atoms with E-state index in [-0.39, 0.29) is 28.5 Å². The van der Waals surface area contributed by atoms with E-state index in [0.29, 0.717) is 0 Å². The summed E-state index contributed by atoms with van der Waals surface area (Å²) in [5.74, 6) is 0. The number of aromatic nitrogens is 1. The maximum Gasteiger partial charge on any atom is 0.329 e. The lowest BCUT2D eigenvalue weighted by atomic mass is 9.40. The SMILES string of the molecule is CC(C)(C)c1ccc(N2C3=C(B4c5c(cc(N(c6ccccc6)c6ccccc6)cc52)-c2cccc5c6ccc7ccccc7c6n4c25)C(C)(C)c2cc4c(cc23)C(C)(C)CCC4(C)C)c(-c2ccccc2)c1. The molecule has 10 aromatic rings. The molecular formula is C69H62BN3. The molecule has 3 heterocycles. The second kappa shape index (κ2) is 15.2. The number of nitrogens with zero attached hydrogens (tertiary/aromatic N) is 3. The minimum absolute atomic E-state index is 0.0198. The Labute approximate surface area is 431 Å². The van der Waals surface area contributed by atoms with Gasteiger partial charge in [-0.3, -0.25) is 0 Å². The molecule has 14 rings (SSSR count). The van der Waals surface area contributed by atoms with Gasteiger partial charge in [0.05, 0.1) is 5.69 Å². The molecule has 0 unspecified atom stereocenters. The molecule has 0 amide bonds. The summed E-state index contributed by atoms with van der Waals surface area (Å²) in [6.45, 7) is 22.0. The zero-order chi connectivity index (χ0) is 49.9. The van der Waals surface area contributed by atoms with Gasteiger partial charge in [0.1, 0.15) is 0 Å². The Morgan fingerprint density at radius 2 is 1.08 bits per heavy atom. The summed E-state index contributed by atoms with van der Waals surface area (Å²) in [6, 6.07) is 71.8. The highest BCUT2D eigenvalue weighted by atomic mass is 15.2. The van der Waals surface area contributed by atoms with Crippen molar-refractivity contribution in [3.05, 3.63) is 221 Å². The number of hydrogen-bond donors (Lipinski definition) is 0. The van der Waals surface area contributed by atoms with Gasteiger partial charge in [-0.25, -0.2) is 0 Å². The minimum atomic E-state index is -0.355. The Kier molecular flexibility index (Phi) is 9.22. The molecule has 2 aliphatic carbocycles. The van der Waals surface area contributed by atoms with E-state index in [9.17, 15) is 0 Å². The summed E-state index contributed by atoms with van der Waals surface area (Å²) in [5.41, 5.74) is 24.4. The number of fused-ring (bicyclic) bond motifs is 11. The topological polar surface area (TPSA) is 11.4 Å². The predicted molar refractivity (Wildman–Crippen MR) is 312 cm³/mol. The van der Waals surface area contributed by atoms with Crippen molar-refractivity contribution < 1.29 is 0 Å². The predicted octanol–water partition coefficient (Wildman–Crippen LogP) is 17.9. The summed E-state index contributed by atoms with van der Waals surface area (Å²) in [6.07, 6.45) is 2.32. The first-order valence-corrected chi connectivity index (χ1v) is 26.6. The van der Waals surface area contributed by atoms with Crippen LogP contribution < -0.4 is 15.3 Å². The van der Waals surface area contributed by atoms with Crippen LogP contribution in [0.5, 0.6) is 0 Å². The van der Waals surface area contributed by atoms with Gasteiger partial charge in [-0.05, 0) is 133 Å². The quantitative estimate of drug-likeness (QED) is 0.159. The molecule has 0 spiro atoms. The summed E-state index contributed by atoms with van der Waals surface area (Å²) >= 11 is 0. The Morgan fingerprint density at radius 1 is 0.466 bits per heavy atom. The molecule has 0 bridgehead atoms. The van der Waals surface area contributed by atoms with Gasteiger partial charge in [-0.15, -0.1) is 0 Å². The van der Waals surface area contributed by atoms with Crippen LogP contribution in [0.4, 0.5) is 28.4 Å². The highest BCUT2D eigenvalue weighted by molar-refractivity contribution is 6.86. The first-order valence-electron chi connectivity index (χ1n) is 26.6. The Hall–Kier alpha value is -7.56. The van der Waals surface area contributed by atoms with Crippen LogP contribution in [0.15, 0.2) is 194 Å². The largest absolute Gasteiger partial charge is 0.375 e. The van der Waals surface area contributed by atoms with E-state index < -0.39 is 0 Å². The average Bonchev–Trinajstić information content (AvgIpc) is 3.86. The number of allylic oxidation sites excluding steroid dienone is 1. The van der Waals surface area contributed by atoms with Gasteiger partial charge in [0.15, 0.2) is 0 Å². The smallest absolute Gasteiger partial charge is 0.329 e. The summed E-state index contributed by atoms with van der Waals surface area (Å²) in [5, 5.41) is 5.17. The third-order valence-corrected chi connectivity index (χ3v) is 17.7. The monoisotopic (exact) mass is 944 g/mol. The van der Waals surface area contributed by atoms with E-state index in [1.807, 2.05) is 0 Å². The molecule has 0 fully saturated rings. The number of hydrogen-bond acceptors (Lipinski definition) is 2. The van der Waals surface area contributed by atoms with Gasteiger partial charge in [0.2, 0.25) is 0 Å². The first kappa shape index (κ1) is 44.2. The molecule has 1 aromatic heterocycles. The number of benzene rings is 9. The average molecular weight is 944 g/mol. The second-order valence-electron chi connectivity index (χ2n) is 24.4. The molecule has 4 heteroatoms. The lowest BCUT2D eigenvalue weighted by Gasteiger charge is -2.44. The van der Waals surface area contributed by atoms with E-state index >= 15 is 0 Å². The van der Waals surface area contributed by atoms with Crippen LogP contribution in [0.1, 0.15) is 103 Å². The van der Waals surface area contributed by atoms with Crippen molar-refractivity contribution >= 4 is 79.0 Å². The number of anilines is 5. The Bertz CT molecular complexity index is 3940. The molecular weight excluding hydrogens is 882 g/mol. The second-order valence-corrected chi connectivity index (χ2v) is 24.4. The molecule has 0 saturated heterocycles. The molecule has 73 heavy (non-hydrogen) atoms. The molecule has 0 atom stereocenters. The van der Waals surface area contributed by atoms with E-state index in [2.05, 4.69) is 265 Å². The van der Waals surface area contributed by atoms with Crippen molar-refractivity contribution in [3.63, 3.8) is 0 Å².